The summed E-state index contributed by atoms with van der Waals surface area (Å²) in [6.07, 6.45) is 0.977. The van der Waals surface area contributed by atoms with Crippen LogP contribution in [0.2, 0.25) is 0 Å². The van der Waals surface area contributed by atoms with Gasteiger partial charge in [-0.25, -0.2) is 12.8 Å². The summed E-state index contributed by atoms with van der Waals surface area (Å²) in [7, 11) is -3.50. The van der Waals surface area contributed by atoms with Crippen LogP contribution in [0.4, 0.5) is 10.1 Å². The highest BCUT2D eigenvalue weighted by atomic mass is 32.2. The lowest BCUT2D eigenvalue weighted by Gasteiger charge is -2.15. The van der Waals surface area contributed by atoms with E-state index in [1.807, 2.05) is 0 Å². The minimum absolute atomic E-state index is 0.112. The van der Waals surface area contributed by atoms with Crippen molar-refractivity contribution >= 4 is 21.4 Å². The summed E-state index contributed by atoms with van der Waals surface area (Å²) >= 11 is 0. The largest absolute Gasteiger partial charge is 0.322 e. The third-order valence-corrected chi connectivity index (χ3v) is 3.57. The van der Waals surface area contributed by atoms with Gasteiger partial charge in [-0.1, -0.05) is 0 Å². The molecule has 0 aliphatic rings. The molecule has 0 atom stereocenters. The van der Waals surface area contributed by atoms with Gasteiger partial charge in [-0.2, -0.15) is 5.26 Å². The Hall–Kier alpha value is -1.94. The van der Waals surface area contributed by atoms with E-state index in [0.717, 1.165) is 24.5 Å². The normalized spacial score (nSPS) is 11.7. The fourth-order valence-electron chi connectivity index (χ4n) is 1.16. The quantitative estimate of drug-likeness (QED) is 0.856. The Labute approximate surface area is 111 Å². The molecule has 102 valence electrons. The molecule has 0 bridgehead atoms. The number of nitrogens with one attached hydrogen (secondary N) is 1. The number of anilines is 1. The predicted molar refractivity (Wildman–Crippen MR) is 67.5 cm³/mol. The number of rotatable bonds is 3. The number of halogens is 1. The molecular formula is C12H13FN2O3S. The van der Waals surface area contributed by atoms with Gasteiger partial charge >= 0.3 is 0 Å². The van der Waals surface area contributed by atoms with E-state index < -0.39 is 27.0 Å². The molecule has 1 amide bonds. The number of amides is 1. The molecule has 5 nitrogen and oxygen atoms in total. The highest BCUT2D eigenvalue weighted by molar-refractivity contribution is 7.90. The number of sulfone groups is 1. The maximum Gasteiger partial charge on any atom is 0.244 e. The van der Waals surface area contributed by atoms with Crippen molar-refractivity contribution in [1.29, 1.82) is 5.26 Å². The summed E-state index contributed by atoms with van der Waals surface area (Å²) < 4.78 is 36.2. The first-order chi connectivity index (χ1) is 8.58. The van der Waals surface area contributed by atoms with Gasteiger partial charge in [-0.15, -0.1) is 0 Å². The Morgan fingerprint density at radius 2 is 2.00 bits per heavy atom. The van der Waals surface area contributed by atoms with Crippen molar-refractivity contribution < 1.29 is 17.6 Å². The van der Waals surface area contributed by atoms with Crippen LogP contribution < -0.4 is 5.32 Å². The number of carbonyl (C=O) groups excluding carboxylic acids is 1. The SMILES string of the molecule is CC(C)(C#N)C(=O)Nc1cc(S(C)(=O)=O)ccc1F. The van der Waals surface area contributed by atoms with Gasteiger partial charge in [0, 0.05) is 6.26 Å². The highest BCUT2D eigenvalue weighted by Crippen LogP contribution is 2.22. The van der Waals surface area contributed by atoms with Gasteiger partial charge in [0.1, 0.15) is 11.2 Å². The van der Waals surface area contributed by atoms with Gasteiger partial charge in [0.05, 0.1) is 16.7 Å². The van der Waals surface area contributed by atoms with E-state index in [0.29, 0.717) is 0 Å². The number of carbonyl (C=O) groups is 1. The third-order valence-electron chi connectivity index (χ3n) is 2.46. The Bertz CT molecular complexity index is 660. The molecule has 0 unspecified atom stereocenters. The van der Waals surface area contributed by atoms with Crippen LogP contribution in [0.25, 0.3) is 0 Å². The van der Waals surface area contributed by atoms with Crippen LogP contribution in [-0.4, -0.2) is 20.6 Å². The average molecular weight is 284 g/mol. The first kappa shape index (κ1) is 15.1. The summed E-state index contributed by atoms with van der Waals surface area (Å²) in [5.74, 6) is -1.48. The van der Waals surface area contributed by atoms with Crippen LogP contribution >= 0.6 is 0 Å². The van der Waals surface area contributed by atoms with Crippen molar-refractivity contribution in [2.24, 2.45) is 5.41 Å². The van der Waals surface area contributed by atoms with Gasteiger partial charge in [0.2, 0.25) is 5.91 Å². The predicted octanol–water partition coefficient (Wildman–Crippen LogP) is 1.72. The molecule has 0 heterocycles. The second kappa shape index (κ2) is 4.97. The molecule has 0 aliphatic heterocycles. The molecule has 0 spiro atoms. The molecular weight excluding hydrogens is 271 g/mol. The monoisotopic (exact) mass is 284 g/mol. The van der Waals surface area contributed by atoms with Gasteiger partial charge in [0.25, 0.3) is 0 Å². The lowest BCUT2D eigenvalue weighted by atomic mass is 9.94. The van der Waals surface area contributed by atoms with Crippen LogP contribution in [0, 0.1) is 22.6 Å². The Balaban J connectivity index is 3.17. The molecule has 7 heteroatoms. The van der Waals surface area contributed by atoms with Crippen LogP contribution in [0.3, 0.4) is 0 Å². The second-order valence-corrected chi connectivity index (χ2v) is 6.62. The molecule has 1 rings (SSSR count). The number of hydrogen-bond acceptors (Lipinski definition) is 4. The second-order valence-electron chi connectivity index (χ2n) is 4.60. The lowest BCUT2D eigenvalue weighted by molar-refractivity contribution is -0.121. The number of nitriles is 1. The van der Waals surface area contributed by atoms with Crippen molar-refractivity contribution in [1.82, 2.24) is 0 Å². The minimum Gasteiger partial charge on any atom is -0.322 e. The maximum atomic E-state index is 13.5. The summed E-state index contributed by atoms with van der Waals surface area (Å²) in [6.45, 7) is 2.75. The van der Waals surface area contributed by atoms with Gasteiger partial charge in [-0.3, -0.25) is 4.79 Å². The van der Waals surface area contributed by atoms with E-state index in [9.17, 15) is 17.6 Å². The lowest BCUT2D eigenvalue weighted by Crippen LogP contribution is -2.29. The summed E-state index contributed by atoms with van der Waals surface area (Å²) in [6, 6.07) is 4.85. The molecule has 0 aliphatic carbocycles. The van der Waals surface area contributed by atoms with E-state index in [-0.39, 0.29) is 10.6 Å². The number of hydrogen-bond donors (Lipinski definition) is 1. The van der Waals surface area contributed by atoms with Gasteiger partial charge in [-0.05, 0) is 32.0 Å². The van der Waals surface area contributed by atoms with Gasteiger partial charge < -0.3 is 5.32 Å². The van der Waals surface area contributed by atoms with E-state index in [1.54, 1.807) is 6.07 Å². The van der Waals surface area contributed by atoms with Crippen LogP contribution in [0.15, 0.2) is 23.1 Å². The fraction of sp³-hybridized carbons (Fsp3) is 0.333. The van der Waals surface area contributed by atoms with E-state index >= 15 is 0 Å². The summed E-state index contributed by atoms with van der Waals surface area (Å²) in [5, 5.41) is 11.0. The third kappa shape index (κ3) is 3.51. The topological polar surface area (TPSA) is 87.0 Å². The zero-order valence-corrected chi connectivity index (χ0v) is 11.5. The smallest absolute Gasteiger partial charge is 0.244 e. The number of benzene rings is 1. The van der Waals surface area contributed by atoms with Crippen molar-refractivity contribution in [3.63, 3.8) is 0 Å². The van der Waals surface area contributed by atoms with E-state index in [4.69, 9.17) is 5.26 Å². The Morgan fingerprint density at radius 3 is 2.47 bits per heavy atom. The molecule has 0 fully saturated rings. The van der Waals surface area contributed by atoms with Crippen LogP contribution in [0.1, 0.15) is 13.8 Å². The highest BCUT2D eigenvalue weighted by Gasteiger charge is 2.28. The molecule has 1 N–H and O–H groups in total. The standard InChI is InChI=1S/C12H13FN2O3S/c1-12(2,7-14)11(16)15-10-6-8(19(3,17)18)4-5-9(10)13/h4-6H,1-3H3,(H,15,16). The fourth-order valence-corrected chi connectivity index (χ4v) is 1.81. The Morgan fingerprint density at radius 1 is 1.42 bits per heavy atom. The first-order valence-corrected chi connectivity index (χ1v) is 7.19. The van der Waals surface area contributed by atoms with E-state index in [1.165, 1.54) is 13.8 Å². The number of nitrogens with zero attached hydrogens (tertiary/aromatic N) is 1. The average Bonchev–Trinajstić information content (AvgIpc) is 2.30. The minimum atomic E-state index is -3.50. The van der Waals surface area contributed by atoms with Gasteiger partial charge in [0.15, 0.2) is 9.84 Å². The molecule has 0 saturated heterocycles. The van der Waals surface area contributed by atoms with Crippen LogP contribution in [0.5, 0.6) is 0 Å². The van der Waals surface area contributed by atoms with Crippen molar-refractivity contribution in [2.45, 2.75) is 18.7 Å². The van der Waals surface area contributed by atoms with Crippen molar-refractivity contribution in [2.75, 3.05) is 11.6 Å². The van der Waals surface area contributed by atoms with Crippen molar-refractivity contribution in [3.05, 3.63) is 24.0 Å². The van der Waals surface area contributed by atoms with Crippen molar-refractivity contribution in [3.8, 4) is 6.07 Å². The zero-order valence-electron chi connectivity index (χ0n) is 10.7. The molecule has 1 aromatic carbocycles. The van der Waals surface area contributed by atoms with Crippen LogP contribution in [-0.2, 0) is 14.6 Å². The molecule has 19 heavy (non-hydrogen) atoms. The zero-order chi connectivity index (χ0) is 14.8. The van der Waals surface area contributed by atoms with E-state index in [2.05, 4.69) is 5.32 Å². The summed E-state index contributed by atoms with van der Waals surface area (Å²) in [4.78, 5) is 11.6. The molecule has 0 radical (unpaired) electrons. The first-order valence-electron chi connectivity index (χ1n) is 5.30. The molecule has 1 aromatic rings. The molecule has 0 saturated carbocycles. The maximum absolute atomic E-state index is 13.5. The Kier molecular flexibility index (Phi) is 3.96. The molecule has 0 aromatic heterocycles. The summed E-state index contributed by atoms with van der Waals surface area (Å²) in [5.41, 5.74) is -1.61.